The minimum atomic E-state index is -4.06. The van der Waals surface area contributed by atoms with Gasteiger partial charge in [-0.2, -0.15) is 0 Å². The number of guanidine groups is 1. The van der Waals surface area contributed by atoms with Crippen LogP contribution in [-0.4, -0.2) is 76.2 Å². The van der Waals surface area contributed by atoms with Crippen LogP contribution in [0.5, 0.6) is 5.88 Å². The summed E-state index contributed by atoms with van der Waals surface area (Å²) in [6, 6.07) is 1.89. The Kier molecular flexibility index (Phi) is 6.17. The number of nitrogens with one attached hydrogen (secondary N) is 3. The maximum Gasteiger partial charge on any atom is 0.275 e. The van der Waals surface area contributed by atoms with Gasteiger partial charge in [-0.1, -0.05) is 0 Å². The first-order valence-electron chi connectivity index (χ1n) is 9.75. The highest BCUT2D eigenvalue weighted by Crippen LogP contribution is 2.34. The number of sulfonamides is 1. The molecule has 33 heavy (non-hydrogen) atoms. The van der Waals surface area contributed by atoms with Gasteiger partial charge in [0.05, 0.1) is 30.8 Å². The molecule has 1 fully saturated rings. The van der Waals surface area contributed by atoms with Gasteiger partial charge in [-0.05, 0) is 18.2 Å². The van der Waals surface area contributed by atoms with E-state index in [0.717, 1.165) is 22.6 Å². The molecule has 172 valence electrons. The monoisotopic (exact) mass is 476 g/mol. The number of rotatable bonds is 5. The van der Waals surface area contributed by atoms with Crippen molar-refractivity contribution in [3.8, 4) is 5.88 Å². The molecule has 16 heteroatoms. The number of carbonyl (C=O) groups is 1. The van der Waals surface area contributed by atoms with Crippen molar-refractivity contribution in [2.24, 2.45) is 0 Å². The van der Waals surface area contributed by atoms with Gasteiger partial charge in [0.25, 0.3) is 5.91 Å². The lowest BCUT2D eigenvalue weighted by Gasteiger charge is -2.47. The molecule has 1 amide bonds. The van der Waals surface area contributed by atoms with Gasteiger partial charge in [0, 0.05) is 17.3 Å². The van der Waals surface area contributed by atoms with Gasteiger partial charge >= 0.3 is 0 Å². The molecule has 0 unspecified atom stereocenters. The fraction of sp³-hybridized carbons (Fsp3) is 0.294. The van der Waals surface area contributed by atoms with Crippen LogP contribution in [-0.2, 0) is 15.6 Å². The summed E-state index contributed by atoms with van der Waals surface area (Å²) in [4.78, 5) is 20.2. The molecule has 1 saturated heterocycles. The van der Waals surface area contributed by atoms with E-state index in [9.17, 15) is 22.0 Å². The van der Waals surface area contributed by atoms with Crippen molar-refractivity contribution in [2.45, 2.75) is 17.7 Å². The maximum atomic E-state index is 14.8. The molecule has 0 saturated carbocycles. The predicted octanol–water partition coefficient (Wildman–Crippen LogP) is -2.09. The Morgan fingerprint density at radius 1 is 1.30 bits per heavy atom. The number of halogens is 2. The predicted molar refractivity (Wildman–Crippen MR) is 125 cm³/mol. The summed E-state index contributed by atoms with van der Waals surface area (Å²) in [6.45, 7) is 1.34. The topological polar surface area (TPSA) is 137 Å². The van der Waals surface area contributed by atoms with Crippen LogP contribution in [0.4, 0.5) is 14.5 Å². The van der Waals surface area contributed by atoms with Crippen molar-refractivity contribution in [2.75, 3.05) is 18.2 Å². The van der Waals surface area contributed by atoms with E-state index in [1.165, 1.54) is 20.2 Å². The number of nitrogens with zero attached hydrogens (tertiary/aromatic N) is 3. The van der Waals surface area contributed by atoms with Crippen LogP contribution in [0, 0.1) is 17.0 Å². The van der Waals surface area contributed by atoms with E-state index in [2.05, 4.69) is 20.6 Å². The van der Waals surface area contributed by atoms with Crippen LogP contribution < -0.4 is 15.4 Å². The molecule has 0 aliphatic carbocycles. The quantitative estimate of drug-likeness (QED) is 0.422. The Morgan fingerprint density at radius 3 is 2.48 bits per heavy atom. The van der Waals surface area contributed by atoms with Crippen LogP contribution in [0.25, 0.3) is 0 Å². The summed E-state index contributed by atoms with van der Waals surface area (Å²) in [5, 5.41) is 12.4. The Bertz CT molecular complexity index is 1230. The number of carbonyl (C=O) groups excluding carboxylic acids is 1. The highest BCUT2D eigenvalue weighted by molar-refractivity contribution is 7.90. The molecule has 2 aromatic rings. The summed E-state index contributed by atoms with van der Waals surface area (Å²) in [7, 11) is 2.16. The van der Waals surface area contributed by atoms with Crippen LogP contribution in [0.2, 0.25) is 0 Å². The standard InChI is InChI=1S/C17H21B3F2N6O4S/c1-16(7-33(30,31)28(15(23)27-16)17(18,19)20)9-3-8(4-10(21)13(9)22)26-14(29)11-5-25-12(32-2)6-24-11/h3-6H,7,18-20H2,1-2H3,(H2,23,27)(H,26,29)/t16-/m0/s1. The minimum Gasteiger partial charge on any atom is -0.480 e. The summed E-state index contributed by atoms with van der Waals surface area (Å²) >= 11 is 0. The average molecular weight is 476 g/mol. The minimum absolute atomic E-state index is 0.103. The van der Waals surface area contributed by atoms with Crippen molar-refractivity contribution in [3.63, 3.8) is 0 Å². The molecule has 1 aliphatic rings. The molecule has 0 spiro atoms. The lowest BCUT2D eigenvalue weighted by Crippen LogP contribution is -2.69. The second kappa shape index (κ2) is 8.32. The van der Waals surface area contributed by atoms with Crippen molar-refractivity contribution in [1.82, 2.24) is 19.6 Å². The smallest absolute Gasteiger partial charge is 0.275 e. The van der Waals surface area contributed by atoms with Crippen LogP contribution in [0.3, 0.4) is 0 Å². The number of ether oxygens (including phenoxy) is 1. The van der Waals surface area contributed by atoms with Gasteiger partial charge in [0.2, 0.25) is 21.9 Å². The van der Waals surface area contributed by atoms with Crippen LogP contribution >= 0.6 is 0 Å². The first-order chi connectivity index (χ1) is 15.2. The largest absolute Gasteiger partial charge is 0.480 e. The molecule has 0 radical (unpaired) electrons. The zero-order valence-electron chi connectivity index (χ0n) is 18.7. The van der Waals surface area contributed by atoms with E-state index in [1.54, 1.807) is 23.5 Å². The Balaban J connectivity index is 1.97. The van der Waals surface area contributed by atoms with Gasteiger partial charge in [-0.15, -0.1) is 0 Å². The molecule has 1 aromatic heterocycles. The van der Waals surface area contributed by atoms with Gasteiger partial charge in [-0.25, -0.2) is 27.2 Å². The van der Waals surface area contributed by atoms with E-state index in [-0.39, 0.29) is 22.8 Å². The van der Waals surface area contributed by atoms with Crippen LogP contribution in [0.1, 0.15) is 23.0 Å². The fourth-order valence-electron chi connectivity index (χ4n) is 3.61. The first kappa shape index (κ1) is 24.5. The zero-order chi connectivity index (χ0) is 24.8. The summed E-state index contributed by atoms with van der Waals surface area (Å²) < 4.78 is 61.0. The van der Waals surface area contributed by atoms with Crippen molar-refractivity contribution in [1.29, 1.82) is 5.41 Å². The molecule has 1 atom stereocenters. The van der Waals surface area contributed by atoms with Gasteiger partial charge in [0.15, 0.2) is 11.6 Å². The fourth-order valence-corrected chi connectivity index (χ4v) is 5.86. The third-order valence-corrected chi connectivity index (χ3v) is 7.14. The molecular weight excluding hydrogens is 455 g/mol. The second-order valence-electron chi connectivity index (χ2n) is 8.71. The normalized spacial score (nSPS) is 20.1. The number of anilines is 1. The summed E-state index contributed by atoms with van der Waals surface area (Å²) in [5.41, 5.74) is -2.27. The lowest BCUT2D eigenvalue weighted by atomic mass is 9.49. The van der Waals surface area contributed by atoms with E-state index in [0.29, 0.717) is 0 Å². The highest BCUT2D eigenvalue weighted by atomic mass is 32.2. The molecule has 3 N–H and O–H groups in total. The number of methoxy groups -OCH3 is 1. The van der Waals surface area contributed by atoms with Gasteiger partial charge < -0.3 is 15.4 Å². The number of hydrogen-bond donors (Lipinski definition) is 3. The lowest BCUT2D eigenvalue weighted by molar-refractivity contribution is 0.102. The molecule has 1 aromatic carbocycles. The van der Waals surface area contributed by atoms with Gasteiger partial charge in [0.1, 0.15) is 29.2 Å². The van der Waals surface area contributed by atoms with Crippen molar-refractivity contribution in [3.05, 3.63) is 47.4 Å². The SMILES string of the molecule is BC(B)(B)N1C(=N)N[C@](C)(c2cc(NC(=O)c3cnc(OC)cn3)cc(F)c2F)CS1(=O)=O. The first-order valence-corrected chi connectivity index (χ1v) is 11.4. The number of amides is 1. The Hall–Kier alpha value is -3.16. The van der Waals surface area contributed by atoms with Crippen molar-refractivity contribution < 1.29 is 26.7 Å². The second-order valence-corrected chi connectivity index (χ2v) is 10.5. The van der Waals surface area contributed by atoms with Gasteiger partial charge in [-0.3, -0.25) is 14.5 Å². The Labute approximate surface area is 192 Å². The maximum absolute atomic E-state index is 14.8. The third-order valence-electron chi connectivity index (χ3n) is 4.91. The molecule has 1 aliphatic heterocycles. The van der Waals surface area contributed by atoms with Crippen molar-refractivity contribution >= 4 is 51.1 Å². The molecule has 3 rings (SSSR count). The Morgan fingerprint density at radius 2 is 1.97 bits per heavy atom. The zero-order valence-corrected chi connectivity index (χ0v) is 19.5. The highest BCUT2D eigenvalue weighted by Gasteiger charge is 2.48. The van der Waals surface area contributed by atoms with E-state index in [4.69, 9.17) is 10.1 Å². The van der Waals surface area contributed by atoms with E-state index >= 15 is 0 Å². The molecule has 0 bridgehead atoms. The molecule has 2 heterocycles. The molecular formula is C17H21B3F2N6O4S. The van der Waals surface area contributed by atoms with E-state index < -0.39 is 50.1 Å². The summed E-state index contributed by atoms with van der Waals surface area (Å²) in [6.07, 6.45) is 2.37. The third kappa shape index (κ3) is 4.79. The van der Waals surface area contributed by atoms with Crippen LogP contribution in [0.15, 0.2) is 24.5 Å². The average Bonchev–Trinajstić information content (AvgIpc) is 2.67. The summed E-state index contributed by atoms with van der Waals surface area (Å²) in [5.74, 6) is -4.27. The molecule has 10 nitrogen and oxygen atoms in total. The van der Waals surface area contributed by atoms with E-state index in [1.807, 2.05) is 0 Å². The number of aromatic nitrogens is 2. The number of hydrogen-bond acceptors (Lipinski definition) is 7. The number of benzene rings is 1.